The summed E-state index contributed by atoms with van der Waals surface area (Å²) in [5.74, 6) is -0.298. The Bertz CT molecular complexity index is 455. The van der Waals surface area contributed by atoms with Gasteiger partial charge in [0.15, 0.2) is 0 Å². The van der Waals surface area contributed by atoms with Gasteiger partial charge in [0.2, 0.25) is 5.91 Å². The number of rotatable bonds is 4. The van der Waals surface area contributed by atoms with E-state index in [2.05, 4.69) is 10.3 Å². The molecule has 0 atom stereocenters. The van der Waals surface area contributed by atoms with Crippen LogP contribution in [0.25, 0.3) is 0 Å². The summed E-state index contributed by atoms with van der Waals surface area (Å²) in [7, 11) is 0. The van der Waals surface area contributed by atoms with Gasteiger partial charge in [0.1, 0.15) is 5.69 Å². The summed E-state index contributed by atoms with van der Waals surface area (Å²) in [5, 5.41) is 2.50. The Morgan fingerprint density at radius 1 is 1.37 bits per heavy atom. The normalized spacial score (nSPS) is 12.3. The van der Waals surface area contributed by atoms with E-state index in [0.717, 1.165) is 18.7 Å². The Hall–Kier alpha value is -1.59. The summed E-state index contributed by atoms with van der Waals surface area (Å²) in [6.07, 6.45) is -1.99. The Balaban J connectivity index is 2.86. The van der Waals surface area contributed by atoms with Crippen molar-refractivity contribution in [1.29, 1.82) is 0 Å². The fourth-order valence-electron chi connectivity index (χ4n) is 1.70. The number of nitrogens with one attached hydrogen (secondary N) is 1. The molecule has 0 unspecified atom stereocenters. The van der Waals surface area contributed by atoms with Crippen molar-refractivity contribution in [3.05, 3.63) is 24.0 Å². The lowest BCUT2D eigenvalue weighted by Crippen LogP contribution is -2.30. The van der Waals surface area contributed by atoms with E-state index >= 15 is 0 Å². The molecule has 0 saturated carbocycles. The molecule has 1 amide bonds. The van der Waals surface area contributed by atoms with E-state index in [-0.39, 0.29) is 11.6 Å². The predicted octanol–water partition coefficient (Wildman–Crippen LogP) is 3.87. The zero-order valence-electron chi connectivity index (χ0n) is 11.1. The van der Waals surface area contributed by atoms with Gasteiger partial charge in [-0.3, -0.25) is 9.78 Å². The Morgan fingerprint density at radius 2 is 2.00 bits per heavy atom. The van der Waals surface area contributed by atoms with E-state index in [0.29, 0.717) is 6.42 Å². The molecular weight excluding hydrogens is 257 g/mol. The molecule has 106 valence electrons. The Morgan fingerprint density at radius 3 is 2.53 bits per heavy atom. The Kier molecular flexibility index (Phi) is 4.55. The summed E-state index contributed by atoms with van der Waals surface area (Å²) in [6.45, 7) is 5.47. The number of anilines is 1. The van der Waals surface area contributed by atoms with Crippen LogP contribution in [0.4, 0.5) is 18.9 Å². The highest BCUT2D eigenvalue weighted by Crippen LogP contribution is 2.30. The van der Waals surface area contributed by atoms with E-state index in [4.69, 9.17) is 0 Å². The van der Waals surface area contributed by atoms with E-state index in [1.165, 1.54) is 6.07 Å². The predicted molar refractivity (Wildman–Crippen MR) is 66.6 cm³/mol. The van der Waals surface area contributed by atoms with Gasteiger partial charge in [0.25, 0.3) is 0 Å². The van der Waals surface area contributed by atoms with Gasteiger partial charge < -0.3 is 5.32 Å². The smallest absolute Gasteiger partial charge is 0.326 e. The molecule has 0 aliphatic heterocycles. The van der Waals surface area contributed by atoms with Crippen LogP contribution in [0.15, 0.2) is 18.3 Å². The van der Waals surface area contributed by atoms with E-state index < -0.39 is 17.3 Å². The maximum absolute atomic E-state index is 12.5. The van der Waals surface area contributed by atoms with Crippen LogP contribution in [-0.4, -0.2) is 10.9 Å². The summed E-state index contributed by atoms with van der Waals surface area (Å²) >= 11 is 0. The zero-order valence-corrected chi connectivity index (χ0v) is 11.1. The molecule has 0 spiro atoms. The molecular formula is C13H17F3N2O. The molecule has 1 aromatic rings. The average molecular weight is 274 g/mol. The maximum Gasteiger partial charge on any atom is 0.433 e. The summed E-state index contributed by atoms with van der Waals surface area (Å²) in [5.41, 5.74) is -1.52. The zero-order chi connectivity index (χ0) is 14.7. The SMILES string of the molecule is CCCC(C)(C)C(=O)Nc1ccnc(C(F)(F)F)c1. The van der Waals surface area contributed by atoms with Crippen LogP contribution in [-0.2, 0) is 11.0 Å². The second kappa shape index (κ2) is 5.59. The molecule has 0 aliphatic carbocycles. The van der Waals surface area contributed by atoms with Crippen molar-refractivity contribution in [1.82, 2.24) is 4.98 Å². The lowest BCUT2D eigenvalue weighted by atomic mass is 9.87. The van der Waals surface area contributed by atoms with Crippen LogP contribution in [0.1, 0.15) is 39.3 Å². The second-order valence-corrected chi connectivity index (χ2v) is 5.02. The minimum atomic E-state index is -4.51. The molecule has 1 heterocycles. The molecule has 1 aromatic heterocycles. The van der Waals surface area contributed by atoms with Crippen LogP contribution < -0.4 is 5.32 Å². The molecule has 0 aromatic carbocycles. The molecule has 1 rings (SSSR count). The van der Waals surface area contributed by atoms with E-state index in [1.54, 1.807) is 13.8 Å². The highest BCUT2D eigenvalue weighted by Gasteiger charge is 2.33. The van der Waals surface area contributed by atoms with Crippen molar-refractivity contribution < 1.29 is 18.0 Å². The van der Waals surface area contributed by atoms with Crippen LogP contribution in [0.2, 0.25) is 0 Å². The standard InChI is InChI=1S/C13H17F3N2O/c1-4-6-12(2,3)11(19)18-9-5-7-17-10(8-9)13(14,15)16/h5,7-8H,4,6H2,1-3H3,(H,17,18,19). The first-order valence-corrected chi connectivity index (χ1v) is 6.01. The van der Waals surface area contributed by atoms with Gasteiger partial charge in [-0.25, -0.2) is 0 Å². The minimum absolute atomic E-state index is 0.108. The maximum atomic E-state index is 12.5. The van der Waals surface area contributed by atoms with Gasteiger partial charge in [-0.15, -0.1) is 0 Å². The Labute approximate surface area is 110 Å². The van der Waals surface area contributed by atoms with Crippen molar-refractivity contribution in [3.63, 3.8) is 0 Å². The lowest BCUT2D eigenvalue weighted by molar-refractivity contribution is -0.141. The van der Waals surface area contributed by atoms with Crippen LogP contribution in [0.5, 0.6) is 0 Å². The average Bonchev–Trinajstić information content (AvgIpc) is 2.28. The van der Waals surface area contributed by atoms with Gasteiger partial charge in [-0.05, 0) is 18.6 Å². The van der Waals surface area contributed by atoms with Crippen molar-refractivity contribution in [2.24, 2.45) is 5.41 Å². The third kappa shape index (κ3) is 4.22. The molecule has 0 bridgehead atoms. The molecule has 3 nitrogen and oxygen atoms in total. The van der Waals surface area contributed by atoms with E-state index in [1.807, 2.05) is 6.92 Å². The summed E-state index contributed by atoms with van der Waals surface area (Å²) in [4.78, 5) is 15.2. The van der Waals surface area contributed by atoms with E-state index in [9.17, 15) is 18.0 Å². The van der Waals surface area contributed by atoms with Gasteiger partial charge in [0, 0.05) is 17.3 Å². The topological polar surface area (TPSA) is 42.0 Å². The largest absolute Gasteiger partial charge is 0.433 e. The number of alkyl halides is 3. The first kappa shape index (κ1) is 15.5. The molecule has 0 fully saturated rings. The number of carbonyl (C=O) groups excluding carboxylic acids is 1. The summed E-state index contributed by atoms with van der Waals surface area (Å²) in [6, 6.07) is 2.18. The summed E-state index contributed by atoms with van der Waals surface area (Å²) < 4.78 is 37.5. The monoisotopic (exact) mass is 274 g/mol. The minimum Gasteiger partial charge on any atom is -0.326 e. The van der Waals surface area contributed by atoms with Crippen LogP contribution >= 0.6 is 0 Å². The molecule has 19 heavy (non-hydrogen) atoms. The first-order valence-electron chi connectivity index (χ1n) is 6.01. The van der Waals surface area contributed by atoms with Gasteiger partial charge in [0.05, 0.1) is 0 Å². The number of carbonyl (C=O) groups is 1. The number of hydrogen-bond donors (Lipinski definition) is 1. The highest BCUT2D eigenvalue weighted by atomic mass is 19.4. The van der Waals surface area contributed by atoms with Crippen molar-refractivity contribution >= 4 is 11.6 Å². The number of halogens is 3. The quantitative estimate of drug-likeness (QED) is 0.905. The highest BCUT2D eigenvalue weighted by molar-refractivity contribution is 5.94. The number of amides is 1. The molecule has 0 aliphatic rings. The van der Waals surface area contributed by atoms with Gasteiger partial charge in [-0.2, -0.15) is 13.2 Å². The first-order chi connectivity index (χ1) is 8.66. The van der Waals surface area contributed by atoms with Crippen LogP contribution in [0, 0.1) is 5.41 Å². The van der Waals surface area contributed by atoms with Crippen molar-refractivity contribution in [3.8, 4) is 0 Å². The van der Waals surface area contributed by atoms with Crippen molar-refractivity contribution in [2.75, 3.05) is 5.32 Å². The van der Waals surface area contributed by atoms with Crippen molar-refractivity contribution in [2.45, 2.75) is 39.8 Å². The molecule has 1 N–H and O–H groups in total. The number of pyridine rings is 1. The second-order valence-electron chi connectivity index (χ2n) is 5.02. The van der Waals surface area contributed by atoms with Gasteiger partial charge in [-0.1, -0.05) is 27.2 Å². The fourth-order valence-corrected chi connectivity index (χ4v) is 1.70. The molecule has 6 heteroatoms. The number of hydrogen-bond acceptors (Lipinski definition) is 2. The lowest BCUT2D eigenvalue weighted by Gasteiger charge is -2.23. The fraction of sp³-hybridized carbons (Fsp3) is 0.538. The molecule has 0 radical (unpaired) electrons. The van der Waals surface area contributed by atoms with Gasteiger partial charge >= 0.3 is 6.18 Å². The number of nitrogens with zero attached hydrogens (tertiary/aromatic N) is 1. The third-order valence-corrected chi connectivity index (χ3v) is 2.80. The third-order valence-electron chi connectivity index (χ3n) is 2.80. The molecule has 0 saturated heterocycles. The number of aromatic nitrogens is 1. The van der Waals surface area contributed by atoms with Crippen LogP contribution in [0.3, 0.4) is 0 Å².